The predicted molar refractivity (Wildman–Crippen MR) is 65.9 cm³/mol. The lowest BCUT2D eigenvalue weighted by molar-refractivity contribution is 0.167. The van der Waals surface area contributed by atoms with E-state index in [0.717, 1.165) is 0 Å². The Morgan fingerprint density at radius 3 is 2.50 bits per heavy atom. The lowest BCUT2D eigenvalue weighted by Gasteiger charge is -2.21. The molecule has 0 saturated heterocycles. The van der Waals surface area contributed by atoms with Crippen molar-refractivity contribution in [1.29, 1.82) is 0 Å². The number of aliphatic hydroxyl groups excluding tert-OH is 2. The molecule has 0 aromatic heterocycles. The van der Waals surface area contributed by atoms with E-state index in [9.17, 15) is 9.18 Å². The van der Waals surface area contributed by atoms with Crippen LogP contribution in [-0.2, 0) is 0 Å². The number of urea groups is 1. The molecule has 2 amide bonds. The molecule has 0 aliphatic rings. The fourth-order valence-electron chi connectivity index (χ4n) is 1.49. The van der Waals surface area contributed by atoms with Crippen LogP contribution < -0.4 is 5.32 Å². The third-order valence-corrected chi connectivity index (χ3v) is 2.54. The molecule has 1 aromatic carbocycles. The SMILES string of the molecule is Cc1c(F)cccc1NC(=O)N(CCO)CCO. The van der Waals surface area contributed by atoms with Gasteiger partial charge in [0.15, 0.2) is 0 Å². The molecule has 5 nitrogen and oxygen atoms in total. The predicted octanol–water partition coefficient (Wildman–Crippen LogP) is 0.953. The summed E-state index contributed by atoms with van der Waals surface area (Å²) in [4.78, 5) is 13.1. The topological polar surface area (TPSA) is 72.8 Å². The summed E-state index contributed by atoms with van der Waals surface area (Å²) in [5.41, 5.74) is 0.722. The van der Waals surface area contributed by atoms with Crippen LogP contribution in [0.2, 0.25) is 0 Å². The highest BCUT2D eigenvalue weighted by atomic mass is 19.1. The maximum absolute atomic E-state index is 13.3. The molecule has 100 valence electrons. The minimum atomic E-state index is -0.480. The third kappa shape index (κ3) is 3.68. The Bertz CT molecular complexity index is 406. The average Bonchev–Trinajstić information content (AvgIpc) is 2.34. The minimum Gasteiger partial charge on any atom is -0.395 e. The molecule has 0 spiro atoms. The van der Waals surface area contributed by atoms with E-state index >= 15 is 0 Å². The zero-order valence-corrected chi connectivity index (χ0v) is 10.2. The first-order valence-electron chi connectivity index (χ1n) is 5.63. The van der Waals surface area contributed by atoms with Crippen molar-refractivity contribution in [3.8, 4) is 0 Å². The molecule has 0 atom stereocenters. The number of nitrogens with zero attached hydrogens (tertiary/aromatic N) is 1. The van der Waals surface area contributed by atoms with Crippen LogP contribution in [0.3, 0.4) is 0 Å². The number of halogens is 1. The normalized spacial score (nSPS) is 10.2. The number of aliphatic hydroxyl groups is 2. The number of carbonyl (C=O) groups excluding carboxylic acids is 1. The van der Waals surface area contributed by atoms with Crippen LogP contribution in [0.1, 0.15) is 5.56 Å². The fourth-order valence-corrected chi connectivity index (χ4v) is 1.49. The van der Waals surface area contributed by atoms with Gasteiger partial charge < -0.3 is 20.4 Å². The molecule has 0 radical (unpaired) electrons. The van der Waals surface area contributed by atoms with Gasteiger partial charge in [-0.1, -0.05) is 6.07 Å². The second-order valence-corrected chi connectivity index (χ2v) is 3.78. The van der Waals surface area contributed by atoms with Crippen molar-refractivity contribution >= 4 is 11.7 Å². The van der Waals surface area contributed by atoms with Gasteiger partial charge in [-0.2, -0.15) is 0 Å². The van der Waals surface area contributed by atoms with Gasteiger partial charge >= 0.3 is 6.03 Å². The highest BCUT2D eigenvalue weighted by Gasteiger charge is 2.14. The summed E-state index contributed by atoms with van der Waals surface area (Å²) in [7, 11) is 0. The number of anilines is 1. The van der Waals surface area contributed by atoms with E-state index in [1.165, 1.54) is 17.0 Å². The minimum absolute atomic E-state index is 0.112. The number of nitrogens with one attached hydrogen (secondary N) is 1. The van der Waals surface area contributed by atoms with Crippen molar-refractivity contribution in [2.45, 2.75) is 6.92 Å². The molecule has 0 aliphatic heterocycles. The Labute approximate surface area is 105 Å². The van der Waals surface area contributed by atoms with Crippen molar-refractivity contribution in [2.24, 2.45) is 0 Å². The van der Waals surface area contributed by atoms with Crippen molar-refractivity contribution < 1.29 is 19.4 Å². The van der Waals surface area contributed by atoms with E-state index in [0.29, 0.717) is 11.3 Å². The summed E-state index contributed by atoms with van der Waals surface area (Å²) in [5.74, 6) is -0.399. The van der Waals surface area contributed by atoms with E-state index in [4.69, 9.17) is 10.2 Å². The number of amides is 2. The number of hydrogen-bond acceptors (Lipinski definition) is 3. The first-order valence-corrected chi connectivity index (χ1v) is 5.63. The van der Waals surface area contributed by atoms with Gasteiger partial charge in [0, 0.05) is 24.3 Å². The Morgan fingerprint density at radius 2 is 1.94 bits per heavy atom. The second-order valence-electron chi connectivity index (χ2n) is 3.78. The first-order chi connectivity index (χ1) is 8.60. The van der Waals surface area contributed by atoms with Gasteiger partial charge in [-0.05, 0) is 19.1 Å². The number of hydrogen-bond donors (Lipinski definition) is 3. The molecule has 0 heterocycles. The molecule has 6 heteroatoms. The first kappa shape index (κ1) is 14.4. The molecule has 1 aromatic rings. The monoisotopic (exact) mass is 256 g/mol. The van der Waals surface area contributed by atoms with Gasteiger partial charge in [0.25, 0.3) is 0 Å². The zero-order chi connectivity index (χ0) is 13.5. The lowest BCUT2D eigenvalue weighted by Crippen LogP contribution is -2.39. The molecule has 0 aliphatic carbocycles. The Kier molecular flexibility index (Phi) is 5.54. The standard InChI is InChI=1S/C12H17FN2O3/c1-9-10(13)3-2-4-11(9)14-12(18)15(5-7-16)6-8-17/h2-4,16-17H,5-8H2,1H3,(H,14,18). The van der Waals surface area contributed by atoms with Crippen LogP contribution in [0, 0.1) is 12.7 Å². The van der Waals surface area contributed by atoms with Gasteiger partial charge in [0.05, 0.1) is 13.2 Å². The zero-order valence-electron chi connectivity index (χ0n) is 10.2. The Morgan fingerprint density at radius 1 is 1.33 bits per heavy atom. The lowest BCUT2D eigenvalue weighted by atomic mass is 10.2. The van der Waals surface area contributed by atoms with Crippen LogP contribution in [-0.4, -0.2) is 47.4 Å². The summed E-state index contributed by atoms with van der Waals surface area (Å²) in [6.45, 7) is 1.39. The van der Waals surface area contributed by atoms with E-state index < -0.39 is 11.8 Å². The van der Waals surface area contributed by atoms with Crippen LogP contribution in [0.15, 0.2) is 18.2 Å². The summed E-state index contributed by atoms with van der Waals surface area (Å²) in [6.07, 6.45) is 0. The van der Waals surface area contributed by atoms with Crippen molar-refractivity contribution in [1.82, 2.24) is 4.90 Å². The molecule has 0 saturated carbocycles. The van der Waals surface area contributed by atoms with Gasteiger partial charge in [-0.25, -0.2) is 9.18 Å². The van der Waals surface area contributed by atoms with E-state index in [1.54, 1.807) is 13.0 Å². The van der Waals surface area contributed by atoms with Crippen LogP contribution in [0.25, 0.3) is 0 Å². The highest BCUT2D eigenvalue weighted by molar-refractivity contribution is 5.90. The number of benzene rings is 1. The van der Waals surface area contributed by atoms with Gasteiger partial charge in [-0.15, -0.1) is 0 Å². The van der Waals surface area contributed by atoms with E-state index in [2.05, 4.69) is 5.32 Å². The molecule has 0 bridgehead atoms. The Balaban J connectivity index is 2.75. The molecule has 18 heavy (non-hydrogen) atoms. The van der Waals surface area contributed by atoms with Crippen LogP contribution >= 0.6 is 0 Å². The van der Waals surface area contributed by atoms with E-state index in [-0.39, 0.29) is 26.3 Å². The number of rotatable bonds is 5. The van der Waals surface area contributed by atoms with Crippen molar-refractivity contribution in [3.05, 3.63) is 29.6 Å². The van der Waals surface area contributed by atoms with Crippen LogP contribution in [0.5, 0.6) is 0 Å². The summed E-state index contributed by atoms with van der Waals surface area (Å²) in [5, 5.41) is 20.2. The van der Waals surface area contributed by atoms with Gasteiger partial charge in [0.1, 0.15) is 5.82 Å². The maximum atomic E-state index is 13.3. The Hall–Kier alpha value is -1.66. The molecule has 0 unspecified atom stereocenters. The summed E-state index contributed by atoms with van der Waals surface area (Å²) >= 11 is 0. The third-order valence-electron chi connectivity index (χ3n) is 2.54. The van der Waals surface area contributed by atoms with Crippen molar-refractivity contribution in [2.75, 3.05) is 31.6 Å². The molecular formula is C12H17FN2O3. The smallest absolute Gasteiger partial charge is 0.322 e. The van der Waals surface area contributed by atoms with Gasteiger partial charge in [0.2, 0.25) is 0 Å². The van der Waals surface area contributed by atoms with Crippen molar-refractivity contribution in [3.63, 3.8) is 0 Å². The highest BCUT2D eigenvalue weighted by Crippen LogP contribution is 2.17. The molecular weight excluding hydrogens is 239 g/mol. The second kappa shape index (κ2) is 6.93. The molecule has 3 N–H and O–H groups in total. The average molecular weight is 256 g/mol. The summed E-state index contributed by atoms with van der Waals surface area (Å²) in [6, 6.07) is 3.92. The largest absolute Gasteiger partial charge is 0.395 e. The number of carbonyl (C=O) groups is 1. The van der Waals surface area contributed by atoms with Crippen LogP contribution in [0.4, 0.5) is 14.9 Å². The maximum Gasteiger partial charge on any atom is 0.322 e. The van der Waals surface area contributed by atoms with E-state index in [1.807, 2.05) is 0 Å². The fraction of sp³-hybridized carbons (Fsp3) is 0.417. The molecule has 0 fully saturated rings. The summed E-state index contributed by atoms with van der Waals surface area (Å²) < 4.78 is 13.3. The quantitative estimate of drug-likeness (QED) is 0.734. The molecule has 1 rings (SSSR count). The van der Waals surface area contributed by atoms with Gasteiger partial charge in [-0.3, -0.25) is 0 Å².